The maximum atomic E-state index is 13.4. The van der Waals surface area contributed by atoms with Crippen molar-refractivity contribution in [3.63, 3.8) is 0 Å². The van der Waals surface area contributed by atoms with Crippen LogP contribution in [0.2, 0.25) is 0 Å². The van der Waals surface area contributed by atoms with E-state index >= 15 is 0 Å². The van der Waals surface area contributed by atoms with Crippen molar-refractivity contribution >= 4 is 21.6 Å². The van der Waals surface area contributed by atoms with Crippen LogP contribution in [-0.4, -0.2) is 30.2 Å². The molecular weight excluding hydrogens is 410 g/mol. The number of benzene rings is 1. The number of hydrogen-bond acceptors (Lipinski definition) is 4. The Balaban J connectivity index is 1.42. The first kappa shape index (κ1) is 22.0. The zero-order valence-electron chi connectivity index (χ0n) is 17.9. The molecule has 1 aromatic heterocycles. The number of anilines is 1. The van der Waals surface area contributed by atoms with Crippen molar-refractivity contribution in [3.05, 3.63) is 54.4 Å². The zero-order chi connectivity index (χ0) is 21.7. The number of rotatable bonds is 7. The fourth-order valence-electron chi connectivity index (χ4n) is 4.80. The molecule has 1 saturated heterocycles. The second-order valence-corrected chi connectivity index (χ2v) is 10.6. The summed E-state index contributed by atoms with van der Waals surface area (Å²) < 4.78 is 28.3. The molecule has 1 aromatic carbocycles. The van der Waals surface area contributed by atoms with E-state index in [0.717, 1.165) is 31.2 Å². The fourth-order valence-corrected chi connectivity index (χ4v) is 6.48. The highest BCUT2D eigenvalue weighted by Crippen LogP contribution is 2.35. The van der Waals surface area contributed by atoms with Gasteiger partial charge in [-0.15, -0.1) is 0 Å². The summed E-state index contributed by atoms with van der Waals surface area (Å²) >= 11 is 0. The molecule has 1 aliphatic carbocycles. The van der Waals surface area contributed by atoms with E-state index in [9.17, 15) is 13.2 Å². The molecule has 0 radical (unpaired) electrons. The normalized spacial score (nSPS) is 20.6. The van der Waals surface area contributed by atoms with Crippen LogP contribution in [0.25, 0.3) is 0 Å². The number of aromatic nitrogens is 1. The van der Waals surface area contributed by atoms with Crippen molar-refractivity contribution in [3.8, 4) is 0 Å². The van der Waals surface area contributed by atoms with Crippen molar-refractivity contribution in [1.82, 2.24) is 9.29 Å². The Morgan fingerprint density at radius 3 is 2.48 bits per heavy atom. The van der Waals surface area contributed by atoms with Gasteiger partial charge in [-0.25, -0.2) is 8.42 Å². The van der Waals surface area contributed by atoms with Gasteiger partial charge in [0.15, 0.2) is 0 Å². The zero-order valence-corrected chi connectivity index (χ0v) is 18.7. The van der Waals surface area contributed by atoms with E-state index in [2.05, 4.69) is 10.3 Å². The summed E-state index contributed by atoms with van der Waals surface area (Å²) in [6.07, 6.45) is 12.6. The predicted molar refractivity (Wildman–Crippen MR) is 121 cm³/mol. The first-order valence-corrected chi connectivity index (χ1v) is 12.8. The molecule has 6 nitrogen and oxygen atoms in total. The average molecular weight is 442 g/mol. The Morgan fingerprint density at radius 2 is 1.77 bits per heavy atom. The SMILES string of the molecule is O=C(CCC1CCCC1)Nc1ccc(S(=O)(=O)N2CCCC[C@@H]2c2cccnc2)cc1. The van der Waals surface area contributed by atoms with E-state index in [0.29, 0.717) is 24.6 Å². The molecule has 4 rings (SSSR count). The number of hydrogen-bond donors (Lipinski definition) is 1. The average Bonchev–Trinajstić information content (AvgIpc) is 3.32. The highest BCUT2D eigenvalue weighted by molar-refractivity contribution is 7.89. The minimum atomic E-state index is -3.63. The quantitative estimate of drug-likeness (QED) is 0.662. The third-order valence-electron chi connectivity index (χ3n) is 6.52. The topological polar surface area (TPSA) is 79.4 Å². The Bertz CT molecular complexity index is 971. The van der Waals surface area contributed by atoms with Crippen LogP contribution >= 0.6 is 0 Å². The molecule has 7 heteroatoms. The van der Waals surface area contributed by atoms with Crippen LogP contribution in [0.4, 0.5) is 5.69 Å². The van der Waals surface area contributed by atoms with Crippen LogP contribution < -0.4 is 5.32 Å². The molecule has 1 aliphatic heterocycles. The molecule has 2 aromatic rings. The Hall–Kier alpha value is -2.25. The van der Waals surface area contributed by atoms with E-state index in [1.807, 2.05) is 12.1 Å². The molecule has 2 aliphatic rings. The van der Waals surface area contributed by atoms with Crippen molar-refractivity contribution in [2.75, 3.05) is 11.9 Å². The third-order valence-corrected chi connectivity index (χ3v) is 8.44. The number of pyridine rings is 1. The number of nitrogens with one attached hydrogen (secondary N) is 1. The second kappa shape index (κ2) is 9.92. The molecule has 0 bridgehead atoms. The number of carbonyl (C=O) groups excluding carboxylic acids is 1. The van der Waals surface area contributed by atoms with E-state index in [1.54, 1.807) is 41.0 Å². The van der Waals surface area contributed by atoms with Crippen LogP contribution in [0.1, 0.15) is 69.4 Å². The van der Waals surface area contributed by atoms with Crippen LogP contribution in [0, 0.1) is 5.92 Å². The van der Waals surface area contributed by atoms with Crippen molar-refractivity contribution in [2.24, 2.45) is 5.92 Å². The monoisotopic (exact) mass is 441 g/mol. The third kappa shape index (κ3) is 5.33. The van der Waals surface area contributed by atoms with Gasteiger partial charge in [-0.05, 0) is 61.1 Å². The highest BCUT2D eigenvalue weighted by Gasteiger charge is 2.34. The summed E-state index contributed by atoms with van der Waals surface area (Å²) in [5.74, 6) is 0.672. The van der Waals surface area contributed by atoms with Crippen LogP contribution in [-0.2, 0) is 14.8 Å². The lowest BCUT2D eigenvalue weighted by Gasteiger charge is -2.34. The van der Waals surface area contributed by atoms with Gasteiger partial charge in [-0.1, -0.05) is 38.2 Å². The van der Waals surface area contributed by atoms with Gasteiger partial charge in [0.05, 0.1) is 10.9 Å². The van der Waals surface area contributed by atoms with Crippen LogP contribution in [0.15, 0.2) is 53.7 Å². The van der Waals surface area contributed by atoms with Crippen molar-refractivity contribution in [2.45, 2.75) is 68.7 Å². The van der Waals surface area contributed by atoms with E-state index in [-0.39, 0.29) is 16.8 Å². The van der Waals surface area contributed by atoms with Crippen LogP contribution in [0.5, 0.6) is 0 Å². The summed E-state index contributed by atoms with van der Waals surface area (Å²) in [6.45, 7) is 0.502. The minimum Gasteiger partial charge on any atom is -0.326 e. The lowest BCUT2D eigenvalue weighted by atomic mass is 9.99. The molecule has 166 valence electrons. The molecular formula is C24H31N3O3S. The molecule has 0 spiro atoms. The van der Waals surface area contributed by atoms with E-state index in [4.69, 9.17) is 0 Å². The number of piperidine rings is 1. The largest absolute Gasteiger partial charge is 0.326 e. The van der Waals surface area contributed by atoms with Crippen molar-refractivity contribution < 1.29 is 13.2 Å². The molecule has 1 N–H and O–H groups in total. The Kier molecular flexibility index (Phi) is 7.02. The second-order valence-electron chi connectivity index (χ2n) is 8.68. The lowest BCUT2D eigenvalue weighted by Crippen LogP contribution is -2.38. The van der Waals surface area contributed by atoms with E-state index < -0.39 is 10.0 Å². The smallest absolute Gasteiger partial charge is 0.243 e. The van der Waals surface area contributed by atoms with Gasteiger partial charge in [-0.2, -0.15) is 4.31 Å². The summed E-state index contributed by atoms with van der Waals surface area (Å²) in [5, 5.41) is 2.90. The molecule has 2 fully saturated rings. The number of carbonyl (C=O) groups is 1. The molecule has 1 amide bonds. The minimum absolute atomic E-state index is 0.00446. The number of amides is 1. The summed E-state index contributed by atoms with van der Waals surface area (Å²) in [4.78, 5) is 16.7. The van der Waals surface area contributed by atoms with Gasteiger partial charge in [0.25, 0.3) is 0 Å². The standard InChI is InChI=1S/C24H31N3O3S/c28-24(15-10-19-6-1-2-7-19)26-21-11-13-22(14-12-21)31(29,30)27-17-4-3-9-23(27)20-8-5-16-25-18-20/h5,8,11-14,16,18-19,23H,1-4,6-7,9-10,15,17H2,(H,26,28)/t23-/m1/s1. The van der Waals surface area contributed by atoms with Gasteiger partial charge >= 0.3 is 0 Å². The number of nitrogens with zero attached hydrogens (tertiary/aromatic N) is 2. The van der Waals surface area contributed by atoms with Gasteiger partial charge in [0.2, 0.25) is 15.9 Å². The fraction of sp³-hybridized carbons (Fsp3) is 0.500. The molecule has 2 heterocycles. The first-order valence-electron chi connectivity index (χ1n) is 11.4. The predicted octanol–water partition coefficient (Wildman–Crippen LogP) is 4.91. The summed E-state index contributed by atoms with van der Waals surface area (Å²) in [5.41, 5.74) is 1.56. The maximum absolute atomic E-state index is 13.4. The summed E-state index contributed by atoms with van der Waals surface area (Å²) in [7, 11) is -3.63. The molecule has 0 unspecified atom stereocenters. The Labute approximate surface area is 185 Å². The first-order chi connectivity index (χ1) is 15.0. The van der Waals surface area contributed by atoms with Gasteiger partial charge in [-0.3, -0.25) is 9.78 Å². The summed E-state index contributed by atoms with van der Waals surface area (Å²) in [6, 6.07) is 10.2. The molecule has 1 atom stereocenters. The van der Waals surface area contributed by atoms with Crippen molar-refractivity contribution in [1.29, 1.82) is 0 Å². The van der Waals surface area contributed by atoms with Gasteiger partial charge < -0.3 is 5.32 Å². The highest BCUT2D eigenvalue weighted by atomic mass is 32.2. The Morgan fingerprint density at radius 1 is 1.03 bits per heavy atom. The van der Waals surface area contributed by atoms with Gasteiger partial charge in [0, 0.05) is 31.0 Å². The van der Waals surface area contributed by atoms with Crippen LogP contribution in [0.3, 0.4) is 0 Å². The number of sulfonamides is 1. The molecule has 31 heavy (non-hydrogen) atoms. The van der Waals surface area contributed by atoms with Gasteiger partial charge in [0.1, 0.15) is 0 Å². The lowest BCUT2D eigenvalue weighted by molar-refractivity contribution is -0.116. The van der Waals surface area contributed by atoms with E-state index in [1.165, 1.54) is 25.7 Å². The maximum Gasteiger partial charge on any atom is 0.243 e. The molecule has 1 saturated carbocycles.